The summed E-state index contributed by atoms with van der Waals surface area (Å²) in [6.45, 7) is 2.65. The Balaban J connectivity index is 1.90. The van der Waals surface area contributed by atoms with Gasteiger partial charge < -0.3 is 15.8 Å². The molecule has 0 aliphatic rings. The number of amides is 1. The molecule has 0 aliphatic carbocycles. The van der Waals surface area contributed by atoms with Gasteiger partial charge in [-0.05, 0) is 31.4 Å². The fourth-order valence-corrected chi connectivity index (χ4v) is 1.69. The minimum Gasteiger partial charge on any atom is -0.381 e. The fourth-order valence-electron chi connectivity index (χ4n) is 1.69. The van der Waals surface area contributed by atoms with E-state index in [9.17, 15) is 4.79 Å². The molecule has 0 unspecified atom stereocenters. The molecule has 0 aliphatic heterocycles. The zero-order valence-electron chi connectivity index (χ0n) is 11.4. The number of rotatable bonds is 10. The Hall–Kier alpha value is -1.39. The SMILES string of the molecule is NCCCC(=O)NCCCOCCc1ccccc1. The van der Waals surface area contributed by atoms with Crippen LogP contribution in [0.2, 0.25) is 0 Å². The van der Waals surface area contributed by atoms with Crippen molar-refractivity contribution in [2.45, 2.75) is 25.7 Å². The van der Waals surface area contributed by atoms with Crippen molar-refractivity contribution < 1.29 is 9.53 Å². The van der Waals surface area contributed by atoms with E-state index >= 15 is 0 Å². The minimum atomic E-state index is 0.0785. The van der Waals surface area contributed by atoms with Crippen LogP contribution in [0, 0.1) is 0 Å². The second-order valence-electron chi connectivity index (χ2n) is 4.44. The highest BCUT2D eigenvalue weighted by Crippen LogP contribution is 1.99. The summed E-state index contributed by atoms with van der Waals surface area (Å²) in [7, 11) is 0. The molecule has 0 spiro atoms. The lowest BCUT2D eigenvalue weighted by molar-refractivity contribution is -0.121. The van der Waals surface area contributed by atoms with E-state index in [1.807, 2.05) is 18.2 Å². The van der Waals surface area contributed by atoms with Crippen LogP contribution in [0.5, 0.6) is 0 Å². The maximum atomic E-state index is 11.3. The quantitative estimate of drug-likeness (QED) is 0.629. The molecule has 106 valence electrons. The van der Waals surface area contributed by atoms with Gasteiger partial charge in [0.1, 0.15) is 0 Å². The summed E-state index contributed by atoms with van der Waals surface area (Å²) in [5, 5.41) is 2.85. The molecule has 0 fully saturated rings. The Morgan fingerprint density at radius 2 is 1.95 bits per heavy atom. The van der Waals surface area contributed by atoms with Crippen molar-refractivity contribution in [2.75, 3.05) is 26.3 Å². The highest BCUT2D eigenvalue weighted by atomic mass is 16.5. The zero-order chi connectivity index (χ0) is 13.8. The van der Waals surface area contributed by atoms with Crippen molar-refractivity contribution >= 4 is 5.91 Å². The normalized spacial score (nSPS) is 10.4. The highest BCUT2D eigenvalue weighted by Gasteiger charge is 1.98. The van der Waals surface area contributed by atoms with Crippen LogP contribution in [0.3, 0.4) is 0 Å². The van der Waals surface area contributed by atoms with Gasteiger partial charge >= 0.3 is 0 Å². The molecular weight excluding hydrogens is 240 g/mol. The average Bonchev–Trinajstić information content (AvgIpc) is 2.45. The predicted molar refractivity (Wildman–Crippen MR) is 76.9 cm³/mol. The second kappa shape index (κ2) is 10.5. The van der Waals surface area contributed by atoms with Crippen LogP contribution in [-0.2, 0) is 16.0 Å². The molecule has 0 saturated carbocycles. The third kappa shape index (κ3) is 8.35. The number of benzene rings is 1. The third-order valence-electron chi connectivity index (χ3n) is 2.77. The van der Waals surface area contributed by atoms with E-state index in [0.29, 0.717) is 26.1 Å². The van der Waals surface area contributed by atoms with Crippen LogP contribution in [0.15, 0.2) is 30.3 Å². The molecular formula is C15H24N2O2. The predicted octanol–water partition coefficient (Wildman–Crippen LogP) is 1.49. The Morgan fingerprint density at radius 3 is 2.68 bits per heavy atom. The molecule has 4 heteroatoms. The van der Waals surface area contributed by atoms with Gasteiger partial charge in [0, 0.05) is 19.6 Å². The molecule has 0 aromatic heterocycles. The standard InChI is InChI=1S/C15H24N2O2/c16-10-4-8-15(18)17-11-5-12-19-13-9-14-6-2-1-3-7-14/h1-3,6-7H,4-5,8-13,16H2,(H,17,18). The van der Waals surface area contributed by atoms with Crippen LogP contribution in [0.25, 0.3) is 0 Å². The fraction of sp³-hybridized carbons (Fsp3) is 0.533. The summed E-state index contributed by atoms with van der Waals surface area (Å²) >= 11 is 0. The number of hydrogen-bond acceptors (Lipinski definition) is 3. The molecule has 4 nitrogen and oxygen atoms in total. The molecule has 0 radical (unpaired) electrons. The summed E-state index contributed by atoms with van der Waals surface area (Å²) in [6.07, 6.45) is 3.05. The van der Waals surface area contributed by atoms with E-state index in [2.05, 4.69) is 17.4 Å². The van der Waals surface area contributed by atoms with Crippen molar-refractivity contribution in [3.8, 4) is 0 Å². The van der Waals surface area contributed by atoms with Crippen LogP contribution >= 0.6 is 0 Å². The molecule has 0 atom stereocenters. The lowest BCUT2D eigenvalue weighted by Crippen LogP contribution is -2.25. The van der Waals surface area contributed by atoms with E-state index < -0.39 is 0 Å². The lowest BCUT2D eigenvalue weighted by atomic mass is 10.2. The minimum absolute atomic E-state index is 0.0785. The van der Waals surface area contributed by atoms with E-state index in [-0.39, 0.29) is 5.91 Å². The van der Waals surface area contributed by atoms with Crippen molar-refractivity contribution in [2.24, 2.45) is 5.73 Å². The highest BCUT2D eigenvalue weighted by molar-refractivity contribution is 5.75. The van der Waals surface area contributed by atoms with Crippen LogP contribution in [-0.4, -0.2) is 32.2 Å². The third-order valence-corrected chi connectivity index (χ3v) is 2.77. The maximum Gasteiger partial charge on any atom is 0.220 e. The molecule has 3 N–H and O–H groups in total. The maximum absolute atomic E-state index is 11.3. The van der Waals surface area contributed by atoms with E-state index in [0.717, 1.165) is 25.9 Å². The number of carbonyl (C=O) groups is 1. The summed E-state index contributed by atoms with van der Waals surface area (Å²) in [5.41, 5.74) is 6.62. The number of carbonyl (C=O) groups excluding carboxylic acids is 1. The smallest absolute Gasteiger partial charge is 0.220 e. The summed E-state index contributed by atoms with van der Waals surface area (Å²) in [6, 6.07) is 10.3. The van der Waals surface area contributed by atoms with Gasteiger partial charge in [0.15, 0.2) is 0 Å². The van der Waals surface area contributed by atoms with E-state index in [4.69, 9.17) is 10.5 Å². The number of hydrogen-bond donors (Lipinski definition) is 2. The van der Waals surface area contributed by atoms with E-state index in [1.165, 1.54) is 5.56 Å². The largest absolute Gasteiger partial charge is 0.381 e. The second-order valence-corrected chi connectivity index (χ2v) is 4.44. The van der Waals surface area contributed by atoms with Gasteiger partial charge in [-0.2, -0.15) is 0 Å². The Bertz CT molecular complexity index is 341. The van der Waals surface area contributed by atoms with Crippen LogP contribution < -0.4 is 11.1 Å². The molecule has 1 aromatic rings. The lowest BCUT2D eigenvalue weighted by Gasteiger charge is -2.06. The first-order valence-corrected chi connectivity index (χ1v) is 6.91. The Labute approximate surface area is 115 Å². The first-order valence-electron chi connectivity index (χ1n) is 6.91. The van der Waals surface area contributed by atoms with Gasteiger partial charge in [-0.25, -0.2) is 0 Å². The van der Waals surface area contributed by atoms with Gasteiger partial charge in [-0.1, -0.05) is 30.3 Å². The molecule has 19 heavy (non-hydrogen) atoms. The molecule has 1 aromatic carbocycles. The number of nitrogens with two attached hydrogens (primary N) is 1. The average molecular weight is 264 g/mol. The van der Waals surface area contributed by atoms with Crippen molar-refractivity contribution in [3.05, 3.63) is 35.9 Å². The van der Waals surface area contributed by atoms with Gasteiger partial charge in [0.2, 0.25) is 5.91 Å². The first-order chi connectivity index (χ1) is 9.33. The Morgan fingerprint density at radius 1 is 1.16 bits per heavy atom. The summed E-state index contributed by atoms with van der Waals surface area (Å²) in [5.74, 6) is 0.0785. The van der Waals surface area contributed by atoms with Gasteiger partial charge in [-0.15, -0.1) is 0 Å². The van der Waals surface area contributed by atoms with Crippen molar-refractivity contribution in [3.63, 3.8) is 0 Å². The van der Waals surface area contributed by atoms with Crippen molar-refractivity contribution in [1.82, 2.24) is 5.32 Å². The summed E-state index contributed by atoms with van der Waals surface area (Å²) in [4.78, 5) is 11.3. The van der Waals surface area contributed by atoms with Crippen LogP contribution in [0.4, 0.5) is 0 Å². The number of ether oxygens (including phenoxy) is 1. The monoisotopic (exact) mass is 264 g/mol. The molecule has 0 saturated heterocycles. The number of nitrogens with one attached hydrogen (secondary N) is 1. The zero-order valence-corrected chi connectivity index (χ0v) is 11.4. The molecule has 1 amide bonds. The van der Waals surface area contributed by atoms with Crippen molar-refractivity contribution in [1.29, 1.82) is 0 Å². The molecule has 0 heterocycles. The molecule has 0 bridgehead atoms. The van der Waals surface area contributed by atoms with Gasteiger partial charge in [0.25, 0.3) is 0 Å². The summed E-state index contributed by atoms with van der Waals surface area (Å²) < 4.78 is 5.53. The Kier molecular flexibility index (Phi) is 8.68. The van der Waals surface area contributed by atoms with Crippen LogP contribution in [0.1, 0.15) is 24.8 Å². The topological polar surface area (TPSA) is 64.4 Å². The first kappa shape index (κ1) is 15.7. The van der Waals surface area contributed by atoms with Gasteiger partial charge in [-0.3, -0.25) is 4.79 Å². The van der Waals surface area contributed by atoms with E-state index in [1.54, 1.807) is 0 Å². The molecule has 1 rings (SSSR count). The van der Waals surface area contributed by atoms with Gasteiger partial charge in [0.05, 0.1) is 6.61 Å².